The molecule has 0 unspecified atom stereocenters. The van der Waals surface area contributed by atoms with E-state index >= 15 is 0 Å². The van der Waals surface area contributed by atoms with Crippen LogP contribution in [0.15, 0.2) is 23.1 Å². The summed E-state index contributed by atoms with van der Waals surface area (Å²) in [5.74, 6) is -0.110. The molecule has 13 heavy (non-hydrogen) atoms. The van der Waals surface area contributed by atoms with E-state index in [1.807, 2.05) is 0 Å². The van der Waals surface area contributed by atoms with Gasteiger partial charge < -0.3 is 9.47 Å². The van der Waals surface area contributed by atoms with E-state index < -0.39 is 0 Å². The molecule has 0 fully saturated rings. The van der Waals surface area contributed by atoms with Crippen LogP contribution in [0.25, 0.3) is 0 Å². The van der Waals surface area contributed by atoms with Crippen LogP contribution in [0, 0.1) is 6.07 Å². The monoisotopic (exact) mass is 179 g/mol. The lowest BCUT2D eigenvalue weighted by Crippen LogP contribution is -2.30. The molecule has 0 aliphatic carbocycles. The van der Waals surface area contributed by atoms with Crippen molar-refractivity contribution >= 4 is 5.91 Å². The minimum absolute atomic E-state index is 0.0726. The predicted octanol–water partition coefficient (Wildman–Crippen LogP) is -0.263. The fourth-order valence-electron chi connectivity index (χ4n) is 0.829. The standard InChI is InChI=1S/C9H11N2O2/c1-10(2)9(13)7-11-6-4-3-5-8(11)12/h3-4,6H,7H2,1-2H3. The first-order valence-electron chi connectivity index (χ1n) is 3.88. The molecule has 0 N–H and O–H groups in total. The molecule has 0 atom stereocenters. The summed E-state index contributed by atoms with van der Waals surface area (Å²) in [5, 5.41) is 0. The van der Waals surface area contributed by atoms with E-state index in [9.17, 15) is 9.59 Å². The minimum atomic E-state index is -0.280. The summed E-state index contributed by atoms with van der Waals surface area (Å²) in [7, 11) is 3.31. The van der Waals surface area contributed by atoms with Crippen molar-refractivity contribution < 1.29 is 4.79 Å². The first-order chi connectivity index (χ1) is 6.11. The highest BCUT2D eigenvalue weighted by molar-refractivity contribution is 5.75. The molecule has 69 valence electrons. The van der Waals surface area contributed by atoms with Crippen LogP contribution in [-0.2, 0) is 11.3 Å². The van der Waals surface area contributed by atoms with E-state index in [1.165, 1.54) is 15.5 Å². The van der Waals surface area contributed by atoms with Crippen LogP contribution in [0.1, 0.15) is 0 Å². The zero-order valence-corrected chi connectivity index (χ0v) is 7.65. The maximum atomic E-state index is 11.2. The summed E-state index contributed by atoms with van der Waals surface area (Å²) >= 11 is 0. The summed E-state index contributed by atoms with van der Waals surface area (Å²) < 4.78 is 1.32. The van der Waals surface area contributed by atoms with Gasteiger partial charge in [-0.2, -0.15) is 0 Å². The first-order valence-corrected chi connectivity index (χ1v) is 3.88. The Labute approximate surface area is 76.4 Å². The average molecular weight is 179 g/mol. The molecule has 1 heterocycles. The largest absolute Gasteiger partial charge is 0.347 e. The van der Waals surface area contributed by atoms with Crippen molar-refractivity contribution in [1.29, 1.82) is 0 Å². The highest BCUT2D eigenvalue weighted by Crippen LogP contribution is 1.85. The lowest BCUT2D eigenvalue weighted by atomic mass is 10.4. The molecule has 1 aromatic rings. The maximum Gasteiger partial charge on any atom is 0.259 e. The van der Waals surface area contributed by atoms with Crippen LogP contribution in [0.3, 0.4) is 0 Å². The summed E-state index contributed by atoms with van der Waals surface area (Å²) in [5.41, 5.74) is -0.280. The second-order valence-electron chi connectivity index (χ2n) is 2.87. The van der Waals surface area contributed by atoms with Gasteiger partial charge in [-0.25, -0.2) is 0 Å². The van der Waals surface area contributed by atoms with Gasteiger partial charge in [-0.1, -0.05) is 0 Å². The van der Waals surface area contributed by atoms with Crippen molar-refractivity contribution in [3.8, 4) is 0 Å². The van der Waals surface area contributed by atoms with Crippen molar-refractivity contribution in [3.63, 3.8) is 0 Å². The second-order valence-corrected chi connectivity index (χ2v) is 2.87. The normalized spacial score (nSPS) is 9.69. The average Bonchev–Trinajstić information content (AvgIpc) is 2.08. The van der Waals surface area contributed by atoms with Crippen LogP contribution in [0.5, 0.6) is 0 Å². The van der Waals surface area contributed by atoms with Crippen LogP contribution >= 0.6 is 0 Å². The van der Waals surface area contributed by atoms with Crippen molar-refractivity contribution in [2.45, 2.75) is 6.54 Å². The van der Waals surface area contributed by atoms with Crippen LogP contribution in [-0.4, -0.2) is 29.5 Å². The number of amides is 1. The first kappa shape index (κ1) is 9.51. The summed E-state index contributed by atoms with van der Waals surface area (Å²) in [6, 6.07) is 5.68. The number of pyridine rings is 1. The number of carbonyl (C=O) groups excluding carboxylic acids is 1. The van der Waals surface area contributed by atoms with Crippen molar-refractivity contribution in [1.82, 2.24) is 9.47 Å². The van der Waals surface area contributed by atoms with Gasteiger partial charge in [-0.15, -0.1) is 0 Å². The molecule has 0 aliphatic heterocycles. The van der Waals surface area contributed by atoms with E-state index in [0.717, 1.165) is 0 Å². The van der Waals surface area contributed by atoms with E-state index in [2.05, 4.69) is 6.07 Å². The molecule has 0 aromatic carbocycles. The third kappa shape index (κ3) is 2.43. The zero-order valence-electron chi connectivity index (χ0n) is 7.65. The number of carbonyl (C=O) groups is 1. The quantitative estimate of drug-likeness (QED) is 0.627. The highest BCUT2D eigenvalue weighted by atomic mass is 16.2. The lowest BCUT2D eigenvalue weighted by molar-refractivity contribution is -0.129. The fourth-order valence-corrected chi connectivity index (χ4v) is 0.829. The number of hydrogen-bond acceptors (Lipinski definition) is 2. The molecule has 1 amide bonds. The van der Waals surface area contributed by atoms with Crippen molar-refractivity contribution in [2.24, 2.45) is 0 Å². The maximum absolute atomic E-state index is 11.2. The molecule has 0 aliphatic rings. The van der Waals surface area contributed by atoms with Crippen molar-refractivity contribution in [2.75, 3.05) is 14.1 Å². The molecule has 0 bridgehead atoms. The number of rotatable bonds is 2. The zero-order chi connectivity index (χ0) is 9.84. The molecule has 1 rings (SSSR count). The Morgan fingerprint density at radius 3 is 2.85 bits per heavy atom. The van der Waals surface area contributed by atoms with Gasteiger partial charge in [0.05, 0.1) is 6.07 Å². The number of aromatic nitrogens is 1. The Morgan fingerprint density at radius 1 is 1.62 bits per heavy atom. The van der Waals surface area contributed by atoms with Gasteiger partial charge >= 0.3 is 0 Å². The van der Waals surface area contributed by atoms with Gasteiger partial charge in [0.1, 0.15) is 6.54 Å². The Balaban J connectivity index is 2.81. The molecule has 1 aromatic heterocycles. The third-order valence-corrected chi connectivity index (χ3v) is 1.63. The third-order valence-electron chi connectivity index (χ3n) is 1.63. The Hall–Kier alpha value is -1.58. The van der Waals surface area contributed by atoms with Gasteiger partial charge in [-0.05, 0) is 12.1 Å². The summed E-state index contributed by atoms with van der Waals surface area (Å²) in [4.78, 5) is 23.8. The fraction of sp³-hybridized carbons (Fsp3) is 0.333. The topological polar surface area (TPSA) is 42.3 Å². The molecular weight excluding hydrogens is 168 g/mol. The SMILES string of the molecule is CN(C)C(=O)Cn1ccc[c]c1=O. The van der Waals surface area contributed by atoms with Crippen LogP contribution in [0.4, 0.5) is 0 Å². The Bertz CT molecular complexity index is 355. The van der Waals surface area contributed by atoms with Gasteiger partial charge in [0.15, 0.2) is 0 Å². The van der Waals surface area contributed by atoms with Gasteiger partial charge in [0.2, 0.25) is 5.91 Å². The minimum Gasteiger partial charge on any atom is -0.347 e. The molecule has 0 saturated carbocycles. The summed E-state index contributed by atoms with van der Waals surface area (Å²) in [6.45, 7) is 0.0726. The lowest BCUT2D eigenvalue weighted by Gasteiger charge is -2.10. The molecule has 4 heteroatoms. The summed E-state index contributed by atoms with van der Waals surface area (Å²) in [6.07, 6.45) is 1.57. The van der Waals surface area contributed by atoms with Gasteiger partial charge in [-0.3, -0.25) is 9.59 Å². The van der Waals surface area contributed by atoms with Crippen molar-refractivity contribution in [3.05, 3.63) is 34.7 Å². The van der Waals surface area contributed by atoms with E-state index in [-0.39, 0.29) is 18.0 Å². The molecule has 0 saturated heterocycles. The van der Waals surface area contributed by atoms with Crippen LogP contribution < -0.4 is 5.56 Å². The molecule has 4 nitrogen and oxygen atoms in total. The Morgan fingerprint density at radius 2 is 2.31 bits per heavy atom. The number of hydrogen-bond donors (Lipinski definition) is 0. The molecule has 1 radical (unpaired) electrons. The predicted molar refractivity (Wildman–Crippen MR) is 48.2 cm³/mol. The number of likely N-dealkylation sites (N-methyl/N-ethyl adjacent to an activating group) is 1. The molecular formula is C9H11N2O2. The second kappa shape index (κ2) is 3.89. The molecule has 0 spiro atoms. The smallest absolute Gasteiger partial charge is 0.259 e. The van der Waals surface area contributed by atoms with E-state index in [0.29, 0.717) is 0 Å². The van der Waals surface area contributed by atoms with E-state index in [4.69, 9.17) is 0 Å². The van der Waals surface area contributed by atoms with Crippen LogP contribution in [0.2, 0.25) is 0 Å². The van der Waals surface area contributed by atoms with Gasteiger partial charge in [0.25, 0.3) is 5.56 Å². The van der Waals surface area contributed by atoms with Gasteiger partial charge in [0, 0.05) is 20.3 Å². The Kier molecular flexibility index (Phi) is 2.84. The highest BCUT2D eigenvalue weighted by Gasteiger charge is 2.04. The number of nitrogens with zero attached hydrogens (tertiary/aromatic N) is 2. The van der Waals surface area contributed by atoms with E-state index in [1.54, 1.807) is 26.4 Å².